The third kappa shape index (κ3) is 4.55. The van der Waals surface area contributed by atoms with E-state index in [1.165, 1.54) is 54.0 Å². The van der Waals surface area contributed by atoms with E-state index in [0.29, 0.717) is 5.56 Å². The number of nitrogens with one attached hydrogen (secondary N) is 1. The van der Waals surface area contributed by atoms with Gasteiger partial charge in [0.25, 0.3) is 0 Å². The van der Waals surface area contributed by atoms with E-state index in [0.717, 1.165) is 12.1 Å². The second-order valence-electron chi connectivity index (χ2n) is 5.38. The molecule has 0 atom stereocenters. The van der Waals surface area contributed by atoms with Crippen molar-refractivity contribution in [3.05, 3.63) is 67.0 Å². The molecule has 2 heterocycles. The molecule has 0 saturated carbocycles. The van der Waals surface area contributed by atoms with Crippen molar-refractivity contribution in [3.8, 4) is 17.1 Å². The number of carbonyl (C=O) groups excluding carboxylic acids is 1. The molecule has 28 heavy (non-hydrogen) atoms. The van der Waals surface area contributed by atoms with E-state index >= 15 is 0 Å². The molecular formula is C17H12F4N5O2+. The number of amides is 1. The number of halogens is 4. The first-order valence-corrected chi connectivity index (χ1v) is 7.75. The fourth-order valence-corrected chi connectivity index (χ4v) is 2.04. The molecule has 0 fully saturated rings. The summed E-state index contributed by atoms with van der Waals surface area (Å²) in [6, 6.07) is 4.85. The van der Waals surface area contributed by atoms with Crippen LogP contribution in [0.3, 0.4) is 0 Å². The van der Waals surface area contributed by atoms with Gasteiger partial charge in [0.1, 0.15) is 5.75 Å². The molecule has 11 heteroatoms. The maximum Gasteiger partial charge on any atom is 0.461 e. The quantitative estimate of drug-likeness (QED) is 0.513. The summed E-state index contributed by atoms with van der Waals surface area (Å²) < 4.78 is 55.5. The van der Waals surface area contributed by atoms with Gasteiger partial charge in [0.2, 0.25) is 12.4 Å². The predicted octanol–water partition coefficient (Wildman–Crippen LogP) is 2.45. The van der Waals surface area contributed by atoms with E-state index in [4.69, 9.17) is 0 Å². The molecule has 1 amide bonds. The average Bonchev–Trinajstić information content (AvgIpc) is 2.69. The second-order valence-corrected chi connectivity index (χ2v) is 5.38. The van der Waals surface area contributed by atoms with Gasteiger partial charge in [-0.15, -0.1) is 5.43 Å². The first-order chi connectivity index (χ1) is 13.3. The van der Waals surface area contributed by atoms with Crippen LogP contribution in [0.2, 0.25) is 0 Å². The number of carbonyl (C=O) groups is 1. The molecule has 2 aromatic heterocycles. The van der Waals surface area contributed by atoms with Crippen molar-refractivity contribution in [3.63, 3.8) is 0 Å². The van der Waals surface area contributed by atoms with Crippen LogP contribution in [0.4, 0.5) is 17.6 Å². The highest BCUT2D eigenvalue weighted by atomic mass is 19.3. The Morgan fingerprint density at radius 1 is 1.07 bits per heavy atom. The van der Waals surface area contributed by atoms with Crippen molar-refractivity contribution in [2.75, 3.05) is 5.43 Å². The molecule has 144 valence electrons. The molecule has 1 aromatic carbocycles. The van der Waals surface area contributed by atoms with Gasteiger partial charge < -0.3 is 4.74 Å². The van der Waals surface area contributed by atoms with Gasteiger partial charge in [0.15, 0.2) is 5.82 Å². The Bertz CT molecular complexity index is 938. The minimum absolute atomic E-state index is 0.185. The van der Waals surface area contributed by atoms with E-state index < -0.39 is 24.2 Å². The van der Waals surface area contributed by atoms with Crippen LogP contribution in [0.1, 0.15) is 10.4 Å². The van der Waals surface area contributed by atoms with E-state index in [1.807, 2.05) is 0 Å². The summed E-state index contributed by atoms with van der Waals surface area (Å²) in [6.07, 6.45) is 0.0977. The van der Waals surface area contributed by atoms with Gasteiger partial charge in [-0.3, -0.25) is 9.78 Å². The van der Waals surface area contributed by atoms with Crippen molar-refractivity contribution in [1.29, 1.82) is 0 Å². The molecule has 1 N–H and O–H groups in total. The summed E-state index contributed by atoms with van der Waals surface area (Å²) in [7, 11) is 0. The average molecular weight is 394 g/mol. The lowest BCUT2D eigenvalue weighted by Crippen LogP contribution is -2.47. The fourth-order valence-electron chi connectivity index (χ4n) is 2.04. The SMILES string of the molecule is O=C(N[n+]1ccncc1)c1cnc(-c2ccc(OC(F)(F)C(F)F)cc2)nc1. The van der Waals surface area contributed by atoms with Gasteiger partial charge in [0.05, 0.1) is 18.0 Å². The van der Waals surface area contributed by atoms with Crippen LogP contribution in [0, 0.1) is 0 Å². The molecule has 0 aliphatic heterocycles. The van der Waals surface area contributed by atoms with Gasteiger partial charge in [-0.2, -0.15) is 17.6 Å². The lowest BCUT2D eigenvalue weighted by atomic mass is 10.2. The number of ether oxygens (including phenoxy) is 1. The van der Waals surface area contributed by atoms with Crippen molar-refractivity contribution in [1.82, 2.24) is 15.0 Å². The van der Waals surface area contributed by atoms with E-state index in [9.17, 15) is 22.4 Å². The zero-order chi connectivity index (χ0) is 20.1. The van der Waals surface area contributed by atoms with Crippen LogP contribution >= 0.6 is 0 Å². The Balaban J connectivity index is 1.68. The molecular weight excluding hydrogens is 382 g/mol. The first kappa shape index (κ1) is 19.1. The van der Waals surface area contributed by atoms with Crippen molar-refractivity contribution < 1.29 is 31.8 Å². The Morgan fingerprint density at radius 3 is 2.25 bits per heavy atom. The molecule has 0 aliphatic carbocycles. The normalized spacial score (nSPS) is 11.3. The lowest BCUT2D eigenvalue weighted by Gasteiger charge is -2.16. The minimum atomic E-state index is -4.58. The van der Waals surface area contributed by atoms with Crippen molar-refractivity contribution >= 4 is 5.91 Å². The Hall–Kier alpha value is -3.63. The highest BCUT2D eigenvalue weighted by molar-refractivity contribution is 5.98. The van der Waals surface area contributed by atoms with Crippen LogP contribution in [0.5, 0.6) is 5.75 Å². The molecule has 7 nitrogen and oxygen atoms in total. The maximum absolute atomic E-state index is 12.9. The van der Waals surface area contributed by atoms with Crippen LogP contribution in [-0.2, 0) is 0 Å². The topological polar surface area (TPSA) is 80.9 Å². The third-order valence-corrected chi connectivity index (χ3v) is 3.39. The van der Waals surface area contributed by atoms with Gasteiger partial charge in [-0.05, 0) is 24.3 Å². The number of benzene rings is 1. The van der Waals surface area contributed by atoms with Gasteiger partial charge >= 0.3 is 18.4 Å². The molecule has 0 radical (unpaired) electrons. The highest BCUT2D eigenvalue weighted by Gasteiger charge is 2.43. The predicted molar refractivity (Wildman–Crippen MR) is 87.2 cm³/mol. The molecule has 0 bridgehead atoms. The zero-order valence-electron chi connectivity index (χ0n) is 14.0. The minimum Gasteiger partial charge on any atom is -0.428 e. The lowest BCUT2D eigenvalue weighted by molar-refractivity contribution is -0.641. The number of hydrogen-bond acceptors (Lipinski definition) is 5. The fraction of sp³-hybridized carbons (Fsp3) is 0.118. The molecule has 0 aliphatic rings. The number of alkyl halides is 4. The highest BCUT2D eigenvalue weighted by Crippen LogP contribution is 2.28. The third-order valence-electron chi connectivity index (χ3n) is 3.39. The smallest absolute Gasteiger partial charge is 0.428 e. The van der Waals surface area contributed by atoms with Crippen LogP contribution < -0.4 is 14.8 Å². The Kier molecular flexibility index (Phi) is 5.43. The van der Waals surface area contributed by atoms with Crippen LogP contribution in [-0.4, -0.2) is 33.4 Å². The number of hydrogen-bond donors (Lipinski definition) is 1. The van der Waals surface area contributed by atoms with Gasteiger partial charge in [-0.25, -0.2) is 9.97 Å². The maximum atomic E-state index is 12.9. The first-order valence-electron chi connectivity index (χ1n) is 7.75. The summed E-state index contributed by atoms with van der Waals surface area (Å²) in [5, 5.41) is 0. The molecule has 0 unspecified atom stereocenters. The Labute approximate surface area is 155 Å². The van der Waals surface area contributed by atoms with Gasteiger partial charge in [-0.1, -0.05) is 4.68 Å². The monoisotopic (exact) mass is 394 g/mol. The summed E-state index contributed by atoms with van der Waals surface area (Å²) in [5.74, 6) is -0.680. The molecule has 0 saturated heterocycles. The molecule has 3 rings (SSSR count). The van der Waals surface area contributed by atoms with Gasteiger partial charge in [0, 0.05) is 18.0 Å². The molecule has 0 spiro atoms. The number of rotatable bonds is 6. The standard InChI is InChI=1S/C17H11F4N5O2/c18-16(19)17(20,21)28-13-3-1-11(2-4-13)14-23-9-12(10-24-14)15(27)25-26-7-5-22-6-8-26/h1-10,16H/p+1. The van der Waals surface area contributed by atoms with Crippen molar-refractivity contribution in [2.24, 2.45) is 0 Å². The zero-order valence-corrected chi connectivity index (χ0v) is 14.0. The molecule has 3 aromatic rings. The van der Waals surface area contributed by atoms with E-state index in [-0.39, 0.29) is 11.4 Å². The van der Waals surface area contributed by atoms with E-state index in [2.05, 4.69) is 25.1 Å². The summed E-state index contributed by atoms with van der Waals surface area (Å²) in [6.45, 7) is 0. The number of nitrogens with zero attached hydrogens (tertiary/aromatic N) is 4. The van der Waals surface area contributed by atoms with Crippen LogP contribution in [0.25, 0.3) is 11.4 Å². The summed E-state index contributed by atoms with van der Waals surface area (Å²) >= 11 is 0. The largest absolute Gasteiger partial charge is 0.461 e. The van der Waals surface area contributed by atoms with E-state index in [1.54, 1.807) is 0 Å². The summed E-state index contributed by atoms with van der Waals surface area (Å²) in [4.78, 5) is 24.0. The van der Waals surface area contributed by atoms with Crippen LogP contribution in [0.15, 0.2) is 61.4 Å². The second kappa shape index (κ2) is 7.94. The van der Waals surface area contributed by atoms with Crippen molar-refractivity contribution in [2.45, 2.75) is 12.5 Å². The number of aromatic nitrogens is 4. The Morgan fingerprint density at radius 2 is 1.68 bits per heavy atom. The summed E-state index contributed by atoms with van der Waals surface area (Å²) in [5.41, 5.74) is 3.17.